The van der Waals surface area contributed by atoms with Crippen LogP contribution in [-0.4, -0.2) is 48.2 Å². The predicted molar refractivity (Wildman–Crippen MR) is 134 cm³/mol. The van der Waals surface area contributed by atoms with Gasteiger partial charge >= 0.3 is 6.03 Å². The average molecular weight is 492 g/mol. The van der Waals surface area contributed by atoms with Gasteiger partial charge in [0, 0.05) is 36.3 Å². The Kier molecular flexibility index (Phi) is 6.89. The molecule has 0 atom stereocenters. The molecule has 1 aliphatic carbocycles. The second kappa shape index (κ2) is 10.4. The molecule has 2 heterocycles. The third-order valence-corrected chi connectivity index (χ3v) is 6.44. The van der Waals surface area contributed by atoms with Gasteiger partial charge in [-0.2, -0.15) is 5.26 Å². The van der Waals surface area contributed by atoms with Crippen molar-refractivity contribution in [1.29, 1.82) is 5.26 Å². The SMILES string of the molecule is N#Cc1cc2c(Oc3ccc(Cl)c(NC(=O)NC4CC4)c3)ccnc2cc1OCCN1CCCC1. The van der Waals surface area contributed by atoms with E-state index in [1.54, 1.807) is 42.6 Å². The first-order valence-corrected chi connectivity index (χ1v) is 12.2. The summed E-state index contributed by atoms with van der Waals surface area (Å²) in [5, 5.41) is 16.5. The molecule has 0 bridgehead atoms. The van der Waals surface area contributed by atoms with E-state index in [1.165, 1.54) is 12.8 Å². The smallest absolute Gasteiger partial charge is 0.319 e. The average Bonchev–Trinajstić information content (AvgIpc) is 3.51. The van der Waals surface area contributed by atoms with Gasteiger partial charge in [-0.15, -0.1) is 0 Å². The molecule has 0 radical (unpaired) electrons. The first kappa shape index (κ1) is 23.2. The Hall–Kier alpha value is -3.54. The second-order valence-electron chi connectivity index (χ2n) is 8.80. The van der Waals surface area contributed by atoms with Crippen LogP contribution in [0.15, 0.2) is 42.6 Å². The van der Waals surface area contributed by atoms with E-state index >= 15 is 0 Å². The highest BCUT2D eigenvalue weighted by molar-refractivity contribution is 6.33. The number of pyridine rings is 1. The minimum Gasteiger partial charge on any atom is -0.491 e. The molecule has 1 saturated carbocycles. The number of rotatable bonds is 8. The number of carbonyl (C=O) groups excluding carboxylic acids is 1. The van der Waals surface area contributed by atoms with Crippen LogP contribution in [0.5, 0.6) is 17.2 Å². The molecule has 8 nitrogen and oxygen atoms in total. The number of nitrogens with one attached hydrogen (secondary N) is 2. The maximum atomic E-state index is 12.1. The van der Waals surface area contributed by atoms with Crippen molar-refractivity contribution in [3.8, 4) is 23.3 Å². The molecule has 9 heteroatoms. The molecule has 35 heavy (non-hydrogen) atoms. The van der Waals surface area contributed by atoms with Crippen molar-refractivity contribution in [2.24, 2.45) is 0 Å². The van der Waals surface area contributed by atoms with E-state index < -0.39 is 0 Å². The Morgan fingerprint density at radius 3 is 2.77 bits per heavy atom. The maximum absolute atomic E-state index is 12.1. The molecular weight excluding hydrogens is 466 g/mol. The third kappa shape index (κ3) is 5.76. The van der Waals surface area contributed by atoms with Crippen LogP contribution in [0.4, 0.5) is 10.5 Å². The molecule has 5 rings (SSSR count). The van der Waals surface area contributed by atoms with Crippen LogP contribution in [0.2, 0.25) is 5.02 Å². The maximum Gasteiger partial charge on any atom is 0.319 e. The van der Waals surface area contributed by atoms with Crippen molar-refractivity contribution in [2.75, 3.05) is 31.6 Å². The molecule has 2 N–H and O–H groups in total. The van der Waals surface area contributed by atoms with Crippen LogP contribution in [0.25, 0.3) is 10.9 Å². The molecule has 2 fully saturated rings. The van der Waals surface area contributed by atoms with Gasteiger partial charge in [0.1, 0.15) is 29.9 Å². The summed E-state index contributed by atoms with van der Waals surface area (Å²) in [5.74, 6) is 1.54. The lowest BCUT2D eigenvalue weighted by atomic mass is 10.1. The Morgan fingerprint density at radius 1 is 1.17 bits per heavy atom. The number of nitriles is 1. The lowest BCUT2D eigenvalue weighted by molar-refractivity contribution is 0.237. The van der Waals surface area contributed by atoms with Gasteiger partial charge in [-0.1, -0.05) is 11.6 Å². The summed E-state index contributed by atoms with van der Waals surface area (Å²) in [5.41, 5.74) is 1.54. The quantitative estimate of drug-likeness (QED) is 0.443. The normalized spacial score (nSPS) is 15.5. The van der Waals surface area contributed by atoms with Crippen LogP contribution in [-0.2, 0) is 0 Å². The number of benzene rings is 2. The summed E-state index contributed by atoms with van der Waals surface area (Å²) in [6.45, 7) is 3.56. The van der Waals surface area contributed by atoms with Crippen LogP contribution < -0.4 is 20.1 Å². The number of amides is 2. The monoisotopic (exact) mass is 491 g/mol. The van der Waals surface area contributed by atoms with E-state index in [4.69, 9.17) is 21.1 Å². The highest BCUT2D eigenvalue weighted by Crippen LogP contribution is 2.35. The lowest BCUT2D eigenvalue weighted by Gasteiger charge is -2.16. The molecule has 2 aromatic carbocycles. The molecule has 2 amide bonds. The summed E-state index contributed by atoms with van der Waals surface area (Å²) in [7, 11) is 0. The first-order valence-electron chi connectivity index (χ1n) is 11.8. The summed E-state index contributed by atoms with van der Waals surface area (Å²) in [4.78, 5) is 18.9. The molecule has 3 aromatic rings. The van der Waals surface area contributed by atoms with Gasteiger partial charge < -0.3 is 20.1 Å². The number of hydrogen-bond acceptors (Lipinski definition) is 6. The predicted octanol–water partition coefficient (Wildman–Crippen LogP) is 5.31. The van der Waals surface area contributed by atoms with Crippen molar-refractivity contribution in [2.45, 2.75) is 31.7 Å². The minimum absolute atomic E-state index is 0.236. The fourth-order valence-corrected chi connectivity index (χ4v) is 4.26. The number of carbonyl (C=O) groups is 1. The highest BCUT2D eigenvalue weighted by atomic mass is 35.5. The molecular formula is C26H26ClN5O3. The second-order valence-corrected chi connectivity index (χ2v) is 9.21. The number of aromatic nitrogens is 1. The fraction of sp³-hybridized carbons (Fsp3) is 0.346. The molecule has 0 unspecified atom stereocenters. The number of ether oxygens (including phenoxy) is 2. The topological polar surface area (TPSA) is 99.5 Å². The van der Waals surface area contributed by atoms with Gasteiger partial charge in [-0.3, -0.25) is 9.88 Å². The Balaban J connectivity index is 1.34. The lowest BCUT2D eigenvalue weighted by Crippen LogP contribution is -2.30. The van der Waals surface area contributed by atoms with E-state index in [-0.39, 0.29) is 12.1 Å². The first-order chi connectivity index (χ1) is 17.1. The van der Waals surface area contributed by atoms with Crippen LogP contribution in [0.3, 0.4) is 0 Å². The number of likely N-dealkylation sites (tertiary alicyclic amines) is 1. The standard InChI is InChI=1S/C26H26ClN5O3/c27-21-6-5-19(14-23(21)31-26(33)30-18-3-4-18)35-24-7-8-29-22-15-25(17(16-28)13-20(22)24)34-12-11-32-9-1-2-10-32/h5-8,13-15,18H,1-4,9-12H2,(H2,30,31,33). The zero-order valence-electron chi connectivity index (χ0n) is 19.2. The number of nitrogens with zero attached hydrogens (tertiary/aromatic N) is 3. The molecule has 0 spiro atoms. The molecule has 1 saturated heterocycles. The summed E-state index contributed by atoms with van der Waals surface area (Å²) >= 11 is 6.27. The number of anilines is 1. The molecule has 1 aliphatic heterocycles. The highest BCUT2D eigenvalue weighted by Gasteiger charge is 2.23. The van der Waals surface area contributed by atoms with Gasteiger partial charge in [-0.05, 0) is 63.0 Å². The largest absolute Gasteiger partial charge is 0.491 e. The Bertz CT molecular complexity index is 1280. The Labute approximate surface area is 208 Å². The molecule has 2 aliphatic rings. The van der Waals surface area contributed by atoms with Gasteiger partial charge in [0.25, 0.3) is 0 Å². The van der Waals surface area contributed by atoms with Crippen molar-refractivity contribution >= 4 is 34.2 Å². The van der Waals surface area contributed by atoms with Gasteiger partial charge in [0.05, 0.1) is 21.8 Å². The van der Waals surface area contributed by atoms with Crippen molar-refractivity contribution in [1.82, 2.24) is 15.2 Å². The fourth-order valence-electron chi connectivity index (χ4n) is 4.10. The van der Waals surface area contributed by atoms with Gasteiger partial charge in [0.2, 0.25) is 0 Å². The molecule has 180 valence electrons. The van der Waals surface area contributed by atoms with Crippen LogP contribution >= 0.6 is 11.6 Å². The van der Waals surface area contributed by atoms with E-state index in [9.17, 15) is 10.1 Å². The van der Waals surface area contributed by atoms with Gasteiger partial charge in [-0.25, -0.2) is 4.79 Å². The number of fused-ring (bicyclic) bond motifs is 1. The third-order valence-electron chi connectivity index (χ3n) is 6.11. The van der Waals surface area contributed by atoms with Crippen molar-refractivity contribution < 1.29 is 14.3 Å². The van der Waals surface area contributed by atoms with Gasteiger partial charge in [0.15, 0.2) is 0 Å². The van der Waals surface area contributed by atoms with E-state index in [2.05, 4.69) is 26.6 Å². The number of hydrogen-bond donors (Lipinski definition) is 2. The van der Waals surface area contributed by atoms with Crippen molar-refractivity contribution in [3.63, 3.8) is 0 Å². The van der Waals surface area contributed by atoms with E-state index in [1.807, 2.05) is 0 Å². The zero-order valence-corrected chi connectivity index (χ0v) is 20.0. The van der Waals surface area contributed by atoms with Crippen LogP contribution in [0.1, 0.15) is 31.2 Å². The summed E-state index contributed by atoms with van der Waals surface area (Å²) in [6, 6.07) is 12.5. The Morgan fingerprint density at radius 2 is 2.00 bits per heavy atom. The number of urea groups is 1. The summed E-state index contributed by atoms with van der Waals surface area (Å²) < 4.78 is 12.1. The van der Waals surface area contributed by atoms with E-state index in [0.29, 0.717) is 51.0 Å². The zero-order chi connectivity index (χ0) is 24.2. The summed E-state index contributed by atoms with van der Waals surface area (Å²) in [6.07, 6.45) is 6.09. The van der Waals surface area contributed by atoms with Crippen molar-refractivity contribution in [3.05, 3.63) is 53.2 Å². The number of halogens is 1. The minimum atomic E-state index is -0.295. The molecule has 1 aromatic heterocycles. The van der Waals surface area contributed by atoms with E-state index in [0.717, 1.165) is 32.5 Å². The van der Waals surface area contributed by atoms with Crippen LogP contribution in [0, 0.1) is 11.3 Å².